The van der Waals surface area contributed by atoms with Gasteiger partial charge in [-0.05, 0) is 26.0 Å². The molecule has 0 bridgehead atoms. The first-order chi connectivity index (χ1) is 10.5. The largest absolute Gasteiger partial charge is 0.366 e. The number of hydrogen-bond acceptors (Lipinski definition) is 4. The highest BCUT2D eigenvalue weighted by molar-refractivity contribution is 5.85. The number of hydrogen-bond donors (Lipinski definition) is 3. The number of fused-ring (bicyclic) bond motifs is 1. The van der Waals surface area contributed by atoms with Gasteiger partial charge in [0.1, 0.15) is 11.9 Å². The van der Waals surface area contributed by atoms with Crippen LogP contribution in [0.1, 0.15) is 19.5 Å². The van der Waals surface area contributed by atoms with Crippen molar-refractivity contribution in [3.63, 3.8) is 0 Å². The van der Waals surface area contributed by atoms with Crippen molar-refractivity contribution in [3.05, 3.63) is 29.7 Å². The second-order valence-electron chi connectivity index (χ2n) is 5.91. The highest BCUT2D eigenvalue weighted by atomic mass is 19.1. The molecule has 1 aromatic carbocycles. The molecule has 0 radical (unpaired) electrons. The molecule has 1 fully saturated rings. The predicted molar refractivity (Wildman–Crippen MR) is 79.8 cm³/mol. The van der Waals surface area contributed by atoms with Crippen molar-refractivity contribution in [3.8, 4) is 0 Å². The fraction of sp³-hybridized carbons (Fsp3) is 0.467. The van der Waals surface area contributed by atoms with Crippen molar-refractivity contribution in [1.82, 2.24) is 20.8 Å². The summed E-state index contributed by atoms with van der Waals surface area (Å²) in [5.41, 5.74) is 0.278. The van der Waals surface area contributed by atoms with Crippen LogP contribution >= 0.6 is 0 Å². The van der Waals surface area contributed by atoms with Crippen LogP contribution in [0.4, 0.5) is 4.39 Å². The summed E-state index contributed by atoms with van der Waals surface area (Å²) in [6.07, 6.45) is -0.535. The first-order valence-electron chi connectivity index (χ1n) is 7.26. The summed E-state index contributed by atoms with van der Waals surface area (Å²) in [5.74, 6) is -0.588. The molecule has 0 spiro atoms. The molecule has 3 N–H and O–H groups in total. The molecule has 7 heteroatoms. The van der Waals surface area contributed by atoms with E-state index in [4.69, 9.17) is 4.74 Å². The van der Waals surface area contributed by atoms with Crippen molar-refractivity contribution in [2.75, 3.05) is 19.7 Å². The van der Waals surface area contributed by atoms with Crippen LogP contribution in [0.15, 0.2) is 18.2 Å². The Hall–Kier alpha value is -1.99. The SMILES string of the molecule is CC(C)(NC(=O)[C@@H]1CNCCO1)c1[nH]nc2cccc(F)c12. The summed E-state index contributed by atoms with van der Waals surface area (Å²) in [6.45, 7) is 5.32. The van der Waals surface area contributed by atoms with E-state index >= 15 is 0 Å². The van der Waals surface area contributed by atoms with Gasteiger partial charge in [-0.15, -0.1) is 0 Å². The number of ether oxygens (including phenoxy) is 1. The summed E-state index contributed by atoms with van der Waals surface area (Å²) < 4.78 is 19.5. The quantitative estimate of drug-likeness (QED) is 0.792. The fourth-order valence-corrected chi connectivity index (χ4v) is 2.66. The van der Waals surface area contributed by atoms with Crippen molar-refractivity contribution >= 4 is 16.8 Å². The van der Waals surface area contributed by atoms with E-state index in [0.29, 0.717) is 29.7 Å². The van der Waals surface area contributed by atoms with Crippen LogP contribution in [0, 0.1) is 5.82 Å². The van der Waals surface area contributed by atoms with Crippen LogP contribution < -0.4 is 10.6 Å². The van der Waals surface area contributed by atoms with Crippen LogP contribution in [0.3, 0.4) is 0 Å². The molecule has 1 aromatic heterocycles. The summed E-state index contributed by atoms with van der Waals surface area (Å²) in [7, 11) is 0. The number of aromatic nitrogens is 2. The summed E-state index contributed by atoms with van der Waals surface area (Å²) >= 11 is 0. The first kappa shape index (κ1) is 14.9. The third-order valence-corrected chi connectivity index (χ3v) is 3.81. The maximum Gasteiger partial charge on any atom is 0.251 e. The minimum Gasteiger partial charge on any atom is -0.366 e. The van der Waals surface area contributed by atoms with Gasteiger partial charge in [0.15, 0.2) is 0 Å². The lowest BCUT2D eigenvalue weighted by Crippen LogP contribution is -2.52. The molecule has 6 nitrogen and oxygen atoms in total. The van der Waals surface area contributed by atoms with Crippen molar-refractivity contribution in [2.24, 2.45) is 0 Å². The van der Waals surface area contributed by atoms with Crippen LogP contribution in [-0.2, 0) is 15.1 Å². The third-order valence-electron chi connectivity index (χ3n) is 3.81. The molecular weight excluding hydrogens is 287 g/mol. The van der Waals surface area contributed by atoms with Crippen LogP contribution in [-0.4, -0.2) is 41.9 Å². The molecule has 0 aliphatic carbocycles. The zero-order chi connectivity index (χ0) is 15.7. The lowest BCUT2D eigenvalue weighted by Gasteiger charge is -2.30. The average Bonchev–Trinajstić information content (AvgIpc) is 2.94. The van der Waals surface area contributed by atoms with Gasteiger partial charge in [-0.25, -0.2) is 4.39 Å². The van der Waals surface area contributed by atoms with Crippen LogP contribution in [0.5, 0.6) is 0 Å². The van der Waals surface area contributed by atoms with Gasteiger partial charge < -0.3 is 15.4 Å². The first-order valence-corrected chi connectivity index (χ1v) is 7.26. The molecule has 3 rings (SSSR count). The number of benzene rings is 1. The molecule has 22 heavy (non-hydrogen) atoms. The smallest absolute Gasteiger partial charge is 0.251 e. The Labute approximate surface area is 127 Å². The Morgan fingerprint density at radius 1 is 1.50 bits per heavy atom. The minimum atomic E-state index is -0.797. The minimum absolute atomic E-state index is 0.226. The van der Waals surface area contributed by atoms with E-state index in [1.807, 2.05) is 0 Å². The molecule has 1 aliphatic heterocycles. The Bertz CT molecular complexity index is 692. The summed E-state index contributed by atoms with van der Waals surface area (Å²) in [4.78, 5) is 12.3. The number of aromatic amines is 1. The van der Waals surface area contributed by atoms with Gasteiger partial charge in [0.05, 0.1) is 28.7 Å². The monoisotopic (exact) mass is 306 g/mol. The molecule has 1 amide bonds. The van der Waals surface area contributed by atoms with Crippen LogP contribution in [0.25, 0.3) is 10.9 Å². The molecule has 1 atom stereocenters. The van der Waals surface area contributed by atoms with Crippen molar-refractivity contribution in [1.29, 1.82) is 0 Å². The normalized spacial score (nSPS) is 19.3. The molecule has 2 aromatic rings. The van der Waals surface area contributed by atoms with E-state index in [9.17, 15) is 9.18 Å². The number of amides is 1. The molecule has 0 unspecified atom stereocenters. The standard InChI is InChI=1S/C15H19FN4O2/c1-15(2,18-14(21)11-8-17-6-7-22-11)13-12-9(16)4-3-5-10(12)19-20-13/h3-5,11,17H,6-8H2,1-2H3,(H,18,21)(H,19,20)/t11-/m0/s1. The van der Waals surface area contributed by atoms with E-state index < -0.39 is 11.6 Å². The highest BCUT2D eigenvalue weighted by Crippen LogP contribution is 2.28. The van der Waals surface area contributed by atoms with E-state index in [0.717, 1.165) is 6.54 Å². The van der Waals surface area contributed by atoms with Gasteiger partial charge in [-0.2, -0.15) is 5.10 Å². The lowest BCUT2D eigenvalue weighted by atomic mass is 9.96. The van der Waals surface area contributed by atoms with E-state index in [1.54, 1.807) is 26.0 Å². The van der Waals surface area contributed by atoms with Gasteiger partial charge in [0.2, 0.25) is 0 Å². The predicted octanol–water partition coefficient (Wildman–Crippen LogP) is 1.04. The Morgan fingerprint density at radius 3 is 3.05 bits per heavy atom. The molecule has 0 saturated carbocycles. The highest BCUT2D eigenvalue weighted by Gasteiger charge is 2.32. The molecule has 1 saturated heterocycles. The van der Waals surface area contributed by atoms with Gasteiger partial charge in [0.25, 0.3) is 5.91 Å². The topological polar surface area (TPSA) is 79.0 Å². The van der Waals surface area contributed by atoms with Gasteiger partial charge in [-0.3, -0.25) is 9.89 Å². The van der Waals surface area contributed by atoms with E-state index in [1.165, 1.54) is 6.07 Å². The molecular formula is C15H19FN4O2. The zero-order valence-corrected chi connectivity index (χ0v) is 12.6. The second kappa shape index (κ2) is 5.66. The number of morpholine rings is 1. The number of nitrogens with one attached hydrogen (secondary N) is 3. The zero-order valence-electron chi connectivity index (χ0n) is 12.6. The molecule has 118 valence electrons. The van der Waals surface area contributed by atoms with Crippen molar-refractivity contribution < 1.29 is 13.9 Å². The van der Waals surface area contributed by atoms with Gasteiger partial charge >= 0.3 is 0 Å². The van der Waals surface area contributed by atoms with Gasteiger partial charge in [-0.1, -0.05) is 6.07 Å². The number of H-pyrrole nitrogens is 1. The number of nitrogens with zero attached hydrogens (tertiary/aromatic N) is 1. The summed E-state index contributed by atoms with van der Waals surface area (Å²) in [5, 5.41) is 13.4. The maximum atomic E-state index is 14.1. The van der Waals surface area contributed by atoms with Crippen molar-refractivity contribution in [2.45, 2.75) is 25.5 Å². The Morgan fingerprint density at radius 2 is 2.32 bits per heavy atom. The molecule has 1 aliphatic rings. The average molecular weight is 306 g/mol. The fourth-order valence-electron chi connectivity index (χ4n) is 2.66. The number of halogens is 1. The second-order valence-corrected chi connectivity index (χ2v) is 5.91. The van der Waals surface area contributed by atoms with Gasteiger partial charge in [0, 0.05) is 13.1 Å². The lowest BCUT2D eigenvalue weighted by molar-refractivity contribution is -0.136. The number of carbonyl (C=O) groups excluding carboxylic acids is 1. The van der Waals surface area contributed by atoms with E-state index in [2.05, 4.69) is 20.8 Å². The maximum absolute atomic E-state index is 14.1. The third kappa shape index (κ3) is 2.69. The van der Waals surface area contributed by atoms with Crippen LogP contribution in [0.2, 0.25) is 0 Å². The Kier molecular flexibility index (Phi) is 3.84. The number of rotatable bonds is 3. The van der Waals surface area contributed by atoms with E-state index in [-0.39, 0.29) is 11.7 Å². The summed E-state index contributed by atoms with van der Waals surface area (Å²) in [6, 6.07) is 4.72. The number of carbonyl (C=O) groups is 1. The molecule has 2 heterocycles. The Balaban J connectivity index is 1.86.